The lowest BCUT2D eigenvalue weighted by Gasteiger charge is -2.31. The molecule has 71 heavy (non-hydrogen) atoms. The zero-order valence-electron chi connectivity index (χ0n) is 39.9. The van der Waals surface area contributed by atoms with E-state index in [1.165, 1.54) is 11.1 Å². The van der Waals surface area contributed by atoms with Crippen molar-refractivity contribution in [3.8, 4) is 5.75 Å². The van der Waals surface area contributed by atoms with Gasteiger partial charge in [0, 0.05) is 18.7 Å². The van der Waals surface area contributed by atoms with Gasteiger partial charge in [0.05, 0.1) is 149 Å². The molecule has 0 amide bonds. The van der Waals surface area contributed by atoms with Crippen molar-refractivity contribution in [2.45, 2.75) is 77.0 Å². The van der Waals surface area contributed by atoms with Crippen LogP contribution in [0, 0.1) is 17.5 Å². The summed E-state index contributed by atoms with van der Waals surface area (Å²) in [6, 6.07) is 9.51. The van der Waals surface area contributed by atoms with Crippen LogP contribution in [0.5, 0.6) is 5.75 Å². The van der Waals surface area contributed by atoms with E-state index in [0.29, 0.717) is 122 Å². The zero-order valence-corrected chi connectivity index (χ0v) is 40.7. The molecule has 1 aliphatic heterocycles. The lowest BCUT2D eigenvalue weighted by molar-refractivity contribution is -0.136. The lowest BCUT2D eigenvalue weighted by Crippen LogP contribution is -2.32. The van der Waals surface area contributed by atoms with Crippen LogP contribution in [-0.4, -0.2) is 152 Å². The molecule has 388 valence electrons. The Kier molecular flexibility index (Phi) is 22.0. The van der Waals surface area contributed by atoms with Gasteiger partial charge in [-0.15, -0.1) is 5.10 Å². The van der Waals surface area contributed by atoms with E-state index in [0.717, 1.165) is 43.3 Å². The number of aromatic nitrogens is 7. The number of aryl methyl sites for hydroxylation is 1. The minimum absolute atomic E-state index is 0.0463. The molecule has 1 aliphatic carbocycles. The second-order valence-electron chi connectivity index (χ2n) is 16.5. The highest BCUT2D eigenvalue weighted by Crippen LogP contribution is 2.41. The highest BCUT2D eigenvalue weighted by atomic mass is 35.5. The van der Waals surface area contributed by atoms with Gasteiger partial charge in [0.25, 0.3) is 0 Å². The van der Waals surface area contributed by atoms with Gasteiger partial charge >= 0.3 is 5.97 Å². The number of halogens is 4. The maximum Gasteiger partial charge on any atom is 0.313 e. The van der Waals surface area contributed by atoms with E-state index in [9.17, 15) is 18.0 Å². The van der Waals surface area contributed by atoms with Crippen molar-refractivity contribution in [3.05, 3.63) is 88.3 Å². The summed E-state index contributed by atoms with van der Waals surface area (Å²) in [6.45, 7) is 8.78. The molecule has 5 aromatic rings. The molecule has 19 nitrogen and oxygen atoms in total. The van der Waals surface area contributed by atoms with Gasteiger partial charge in [0.1, 0.15) is 17.3 Å². The number of esters is 1. The number of hydrogen-bond donors (Lipinski definition) is 0. The summed E-state index contributed by atoms with van der Waals surface area (Å²) in [7, 11) is 0. The molecule has 3 aromatic heterocycles. The molecule has 3 unspecified atom stereocenters. The van der Waals surface area contributed by atoms with E-state index in [1.807, 2.05) is 10.9 Å². The SMILES string of the molecule is CCC1CCC(n2ncc3c(N(CCOCCOCCOCCOCc4cn(CCOCCOCCOCCOCCC(=O)Oc5c(F)cc(F)cc5F)nn4)C4CCc5ccccc54)nc(Cl)nc32)O1. The first-order chi connectivity index (χ1) is 34.8. The molecule has 0 N–H and O–H groups in total. The summed E-state index contributed by atoms with van der Waals surface area (Å²) in [6.07, 6.45) is 8.15. The molecule has 4 heterocycles. The molecule has 23 heteroatoms. The van der Waals surface area contributed by atoms with Crippen molar-refractivity contribution in [1.29, 1.82) is 0 Å². The van der Waals surface area contributed by atoms with E-state index < -0.39 is 29.2 Å². The summed E-state index contributed by atoms with van der Waals surface area (Å²) in [5.41, 5.74) is 3.99. The largest absolute Gasteiger partial charge is 0.420 e. The summed E-state index contributed by atoms with van der Waals surface area (Å²) < 4.78 is 99.5. The fourth-order valence-electron chi connectivity index (χ4n) is 8.13. The minimum atomic E-state index is -1.30. The summed E-state index contributed by atoms with van der Waals surface area (Å²) in [5, 5.41) is 14.0. The Morgan fingerprint density at radius 2 is 1.42 bits per heavy atom. The quantitative estimate of drug-likeness (QED) is 0.0191. The third-order valence-corrected chi connectivity index (χ3v) is 11.8. The molecule has 0 spiro atoms. The Bertz CT molecular complexity index is 2380. The number of fused-ring (bicyclic) bond motifs is 2. The van der Waals surface area contributed by atoms with E-state index in [1.54, 1.807) is 10.9 Å². The van der Waals surface area contributed by atoms with Crippen LogP contribution >= 0.6 is 11.6 Å². The van der Waals surface area contributed by atoms with E-state index in [2.05, 4.69) is 56.1 Å². The predicted molar refractivity (Wildman–Crippen MR) is 251 cm³/mol. The molecular formula is C48H62ClF3N8O11. The molecule has 2 aromatic carbocycles. The number of benzene rings is 2. The van der Waals surface area contributed by atoms with Gasteiger partial charge in [-0.3, -0.25) is 4.79 Å². The van der Waals surface area contributed by atoms with Crippen LogP contribution in [-0.2, 0) is 67.0 Å². The zero-order chi connectivity index (χ0) is 49.6. The molecule has 7 rings (SSSR count). The van der Waals surface area contributed by atoms with Crippen LogP contribution in [0.25, 0.3) is 11.0 Å². The number of rotatable bonds is 34. The molecule has 2 aliphatic rings. The second-order valence-corrected chi connectivity index (χ2v) is 16.9. The van der Waals surface area contributed by atoms with Crippen LogP contribution in [0.1, 0.15) is 68.1 Å². The Labute approximate surface area is 415 Å². The Morgan fingerprint density at radius 3 is 2.10 bits per heavy atom. The maximum absolute atomic E-state index is 13.6. The summed E-state index contributed by atoms with van der Waals surface area (Å²) in [5.74, 6) is -4.85. The monoisotopic (exact) mass is 1020 g/mol. The number of carbonyl (C=O) groups excluding carboxylic acids is 1. The lowest BCUT2D eigenvalue weighted by atomic mass is 10.1. The molecule has 1 saturated heterocycles. The minimum Gasteiger partial charge on any atom is -0.420 e. The maximum atomic E-state index is 13.6. The van der Waals surface area contributed by atoms with Crippen molar-refractivity contribution >= 4 is 34.4 Å². The first-order valence-corrected chi connectivity index (χ1v) is 24.4. The smallest absolute Gasteiger partial charge is 0.313 e. The topological polar surface area (TPSA) is 187 Å². The number of nitrogens with zero attached hydrogens (tertiary/aromatic N) is 8. The van der Waals surface area contributed by atoms with E-state index in [-0.39, 0.29) is 49.9 Å². The average Bonchev–Trinajstić information content (AvgIpc) is 4.20. The second kappa shape index (κ2) is 29.0. The normalized spacial score (nSPS) is 16.6. The van der Waals surface area contributed by atoms with Gasteiger partial charge in [-0.05, 0) is 54.8 Å². The number of ether oxygens (including phenoxy) is 10. The van der Waals surface area contributed by atoms with Gasteiger partial charge in [0.15, 0.2) is 23.5 Å². The number of hydrogen-bond acceptors (Lipinski definition) is 17. The highest BCUT2D eigenvalue weighted by Gasteiger charge is 2.33. The van der Waals surface area contributed by atoms with Crippen molar-refractivity contribution in [2.24, 2.45) is 0 Å². The summed E-state index contributed by atoms with van der Waals surface area (Å²) in [4.78, 5) is 23.4. The third-order valence-electron chi connectivity index (χ3n) is 11.6. The van der Waals surface area contributed by atoms with Gasteiger partial charge < -0.3 is 52.3 Å². The fraction of sp³-hybridized carbons (Fsp3) is 0.583. The van der Waals surface area contributed by atoms with E-state index in [4.69, 9.17) is 64.3 Å². The molecular weight excluding hydrogens is 957 g/mol. The Morgan fingerprint density at radius 1 is 0.789 bits per heavy atom. The number of anilines is 1. The molecule has 0 saturated carbocycles. The van der Waals surface area contributed by atoms with Crippen LogP contribution in [0.3, 0.4) is 0 Å². The standard InChI is InChI=1S/C48H62ClF3N8O11/c1-2-37-8-10-43(70-37)60-47-39(31-53-60)46(54-48(49)55-47)59(42-9-7-34-5-3-4-6-38(34)42)13-16-64-19-22-67-25-26-68-27-28-69-33-36-32-58(57-56-36)12-15-63-18-21-66-24-23-65-20-17-62-14-11-44(61)71-45-40(51)29-35(50)30-41(45)52/h3-6,29-32,37,42-43H,2,7-28,33H2,1H3. The molecule has 0 radical (unpaired) electrons. The van der Waals surface area contributed by atoms with Gasteiger partial charge in [-0.25, -0.2) is 22.5 Å². The van der Waals surface area contributed by atoms with Crippen molar-refractivity contribution in [3.63, 3.8) is 0 Å². The van der Waals surface area contributed by atoms with Gasteiger partial charge in [-0.2, -0.15) is 15.1 Å². The van der Waals surface area contributed by atoms with Gasteiger partial charge in [-0.1, -0.05) is 36.4 Å². The molecule has 3 atom stereocenters. The van der Waals surface area contributed by atoms with Crippen LogP contribution in [0.4, 0.5) is 19.0 Å². The Balaban J connectivity index is 0.668. The van der Waals surface area contributed by atoms with Crippen molar-refractivity contribution in [2.75, 3.05) is 111 Å². The van der Waals surface area contributed by atoms with E-state index >= 15 is 0 Å². The van der Waals surface area contributed by atoms with Crippen LogP contribution in [0.15, 0.2) is 48.8 Å². The fourth-order valence-corrected chi connectivity index (χ4v) is 8.29. The first-order valence-electron chi connectivity index (χ1n) is 24.0. The van der Waals surface area contributed by atoms with Crippen molar-refractivity contribution in [1.82, 2.24) is 34.7 Å². The average molecular weight is 1020 g/mol. The Hall–Kier alpha value is -4.88. The number of carbonyl (C=O) groups is 1. The van der Waals surface area contributed by atoms with Crippen LogP contribution < -0.4 is 9.64 Å². The molecule has 0 bridgehead atoms. The highest BCUT2D eigenvalue weighted by molar-refractivity contribution is 6.28. The molecule has 1 fully saturated rings. The summed E-state index contributed by atoms with van der Waals surface area (Å²) >= 11 is 6.61. The predicted octanol–water partition coefficient (Wildman–Crippen LogP) is 6.40. The van der Waals surface area contributed by atoms with Crippen molar-refractivity contribution < 1.29 is 65.3 Å². The third kappa shape index (κ3) is 16.6. The van der Waals surface area contributed by atoms with Gasteiger partial charge in [0.2, 0.25) is 11.0 Å². The first kappa shape index (κ1) is 53.9. The van der Waals surface area contributed by atoms with Crippen LogP contribution in [0.2, 0.25) is 5.28 Å².